The summed E-state index contributed by atoms with van der Waals surface area (Å²) in [4.78, 5) is 39.5. The maximum absolute atomic E-state index is 10.4. The van der Waals surface area contributed by atoms with E-state index in [1.807, 2.05) is 0 Å². The maximum Gasteiger partial charge on any atom is 2.00 e. The van der Waals surface area contributed by atoms with Gasteiger partial charge in [0, 0.05) is 6.92 Å². The fourth-order valence-corrected chi connectivity index (χ4v) is 11.1. The minimum atomic E-state index is -0.833. The first-order chi connectivity index (χ1) is 19.2. The van der Waals surface area contributed by atoms with Crippen molar-refractivity contribution in [2.45, 2.75) is 124 Å². The van der Waals surface area contributed by atoms with Crippen molar-refractivity contribution in [1.29, 1.82) is 0 Å². The van der Waals surface area contributed by atoms with Crippen LogP contribution in [0.2, 0.25) is 0 Å². The van der Waals surface area contributed by atoms with Crippen molar-refractivity contribution in [1.82, 2.24) is 0 Å². The first-order valence-electron chi connectivity index (χ1n) is 13.8. The molecule has 0 atom stereocenters. The van der Waals surface area contributed by atoms with Gasteiger partial charge in [-0.25, -0.2) is 5.92 Å². The number of hydrogen-bond acceptors (Lipinski definition) is 7. The zero-order valence-electron chi connectivity index (χ0n) is 29.2. The number of aliphatic carboxylic acids is 1. The molecular weight excluding hydrogens is 677 g/mol. The fourth-order valence-electron chi connectivity index (χ4n) is 3.99. The van der Waals surface area contributed by atoms with Gasteiger partial charge in [0.1, 0.15) is 0 Å². The van der Waals surface area contributed by atoms with E-state index in [2.05, 4.69) is 103 Å². The molecular formula is C32H58O8P2Rh. The molecule has 0 aromatic heterocycles. The Kier molecular flexibility index (Phi) is 43.8. The Balaban J connectivity index is -0.000000103. The van der Waals surface area contributed by atoms with Crippen LogP contribution in [0.4, 0.5) is 0 Å². The van der Waals surface area contributed by atoms with Crippen molar-refractivity contribution >= 4 is 39.7 Å². The molecule has 0 aliphatic carbocycles. The maximum atomic E-state index is 10.4. The molecule has 0 aromatic carbocycles. The van der Waals surface area contributed by atoms with Gasteiger partial charge in [0.15, 0.2) is 0 Å². The van der Waals surface area contributed by atoms with Crippen molar-refractivity contribution in [3.05, 3.63) is 30.7 Å². The number of carbonyl (C=O) groups excluding carboxylic acids is 3. The number of ether oxygens (including phenoxy) is 3. The third kappa shape index (κ3) is 42.6. The molecule has 11 heteroatoms. The molecule has 0 fully saturated rings. The largest absolute Gasteiger partial charge is 2.00 e. The monoisotopic (exact) mass is 735 g/mol. The van der Waals surface area contributed by atoms with Gasteiger partial charge in [-0.2, -0.15) is 12.2 Å². The van der Waals surface area contributed by atoms with Crippen molar-refractivity contribution in [3.8, 4) is 5.92 Å². The van der Waals surface area contributed by atoms with Crippen LogP contribution in [-0.2, 0) is 52.9 Å². The van der Waals surface area contributed by atoms with Gasteiger partial charge in [0.25, 0.3) is 11.9 Å². The number of carboxylic acid groups (broad SMARTS) is 1. The second kappa shape index (κ2) is 34.9. The predicted octanol–water partition coefficient (Wildman–Crippen LogP) is 7.47. The van der Waals surface area contributed by atoms with Crippen LogP contribution in [0, 0.1) is 18.4 Å². The van der Waals surface area contributed by atoms with Crippen molar-refractivity contribution in [3.63, 3.8) is 0 Å². The molecule has 0 spiro atoms. The number of allylic oxidation sites excluding steroid dienone is 2. The van der Waals surface area contributed by atoms with Crippen LogP contribution < -0.4 is 0 Å². The Hall–Kier alpha value is -1.60. The third-order valence-electron chi connectivity index (χ3n) is 4.78. The van der Waals surface area contributed by atoms with Crippen LogP contribution in [0.1, 0.15) is 90.0 Å². The molecule has 0 bridgehead atoms. The minimum absolute atomic E-state index is 0. The Morgan fingerprint density at radius 2 is 0.953 bits per heavy atom. The van der Waals surface area contributed by atoms with Gasteiger partial charge in [0.2, 0.25) is 11.9 Å². The first kappa shape index (κ1) is 53.9. The molecule has 0 unspecified atom stereocenters. The summed E-state index contributed by atoms with van der Waals surface area (Å²) in [6, 6.07) is 0. The van der Waals surface area contributed by atoms with E-state index in [0.717, 1.165) is 53.0 Å². The van der Waals surface area contributed by atoms with E-state index < -0.39 is 23.9 Å². The summed E-state index contributed by atoms with van der Waals surface area (Å²) in [7, 11) is 4.24. The zero-order chi connectivity index (χ0) is 34.6. The number of methoxy groups -OCH3 is 3. The first-order valence-corrected chi connectivity index (χ1v) is 16.9. The van der Waals surface area contributed by atoms with Crippen molar-refractivity contribution in [2.75, 3.05) is 21.3 Å². The van der Waals surface area contributed by atoms with Crippen LogP contribution in [-0.4, -0.2) is 84.3 Å². The minimum Gasteiger partial charge on any atom is -0.544 e. The molecule has 1 N–H and O–H groups in total. The summed E-state index contributed by atoms with van der Waals surface area (Å²) < 4.78 is 12.5. The normalized spacial score (nSPS) is 10.2. The fraction of sp³-hybridized carbons (Fsp3) is 0.688. The Labute approximate surface area is 278 Å². The number of esters is 3. The Bertz CT molecular complexity index is 725. The Morgan fingerprint density at radius 3 is 1.09 bits per heavy atom. The van der Waals surface area contributed by atoms with Crippen LogP contribution in [0.15, 0.2) is 18.2 Å². The predicted molar refractivity (Wildman–Crippen MR) is 178 cm³/mol. The molecule has 8 nitrogen and oxygen atoms in total. The van der Waals surface area contributed by atoms with Crippen molar-refractivity contribution < 1.29 is 58.0 Å². The van der Waals surface area contributed by atoms with Gasteiger partial charge in [-0.3, -0.25) is 9.59 Å². The standard InChI is InChI=1S/2C9H21P.C8H9O4.C4H3O2.C2H4O2.Rh/c2*1-7(2)10(8(3)4)9(5)6;1-11-7(9)5-3-4-6-8(10)12-2;1-3-4(5)6-2;1-2(3)4;/h2*7-9H,1-6H3;3,5-6H,1-2H3;2H3;1H3,(H,3,4);/q;;2*-1;;+2/b;;5-3+;;;. The van der Waals surface area contributed by atoms with Gasteiger partial charge < -0.3 is 35.3 Å². The van der Waals surface area contributed by atoms with E-state index in [0.29, 0.717) is 0 Å². The van der Waals surface area contributed by atoms with Crippen LogP contribution in [0.5, 0.6) is 0 Å². The van der Waals surface area contributed by atoms with Gasteiger partial charge in [-0.05, 0) is 34.0 Å². The molecule has 0 saturated carbocycles. The summed E-state index contributed by atoms with van der Waals surface area (Å²) in [5.74, 6) is -1.09. The molecule has 0 saturated heterocycles. The number of rotatable bonds is 9. The van der Waals surface area contributed by atoms with Gasteiger partial charge >= 0.3 is 19.5 Å². The summed E-state index contributed by atoms with van der Waals surface area (Å²) in [5, 5.41) is 7.42. The SMILES string of the molecule is CC(=O)O.CC(C)P(C(C)C)C(C)C.CC(C)P(C(C)C)C(C)C.COC(=O)C=[C-]/C=C/C(=O)OC.[C-]#CC(=O)OC.[Rh+2]. The second-order valence-electron chi connectivity index (χ2n) is 10.3. The van der Waals surface area contributed by atoms with E-state index in [-0.39, 0.29) is 35.3 Å². The summed E-state index contributed by atoms with van der Waals surface area (Å²) in [6.45, 7) is 29.3. The molecule has 1 radical (unpaired) electrons. The average molecular weight is 736 g/mol. The summed E-state index contributed by atoms with van der Waals surface area (Å²) in [5.41, 5.74) is 5.39. The second-order valence-corrected chi connectivity index (χ2v) is 18.3. The molecule has 0 amide bonds. The van der Waals surface area contributed by atoms with E-state index >= 15 is 0 Å². The molecule has 253 valence electrons. The zero-order valence-corrected chi connectivity index (χ0v) is 32.7. The van der Waals surface area contributed by atoms with E-state index in [9.17, 15) is 14.4 Å². The third-order valence-corrected chi connectivity index (χ3v) is 11.9. The van der Waals surface area contributed by atoms with Crippen LogP contribution in [0.25, 0.3) is 0 Å². The molecule has 43 heavy (non-hydrogen) atoms. The summed E-state index contributed by atoms with van der Waals surface area (Å²) >= 11 is 0. The molecule has 0 rings (SSSR count). The van der Waals surface area contributed by atoms with Crippen molar-refractivity contribution in [2.24, 2.45) is 0 Å². The Morgan fingerprint density at radius 1 is 0.674 bits per heavy atom. The quantitative estimate of drug-likeness (QED) is 0.0379. The molecule has 0 aliphatic rings. The van der Waals surface area contributed by atoms with Crippen LogP contribution >= 0.6 is 15.8 Å². The topological polar surface area (TPSA) is 116 Å². The van der Waals surface area contributed by atoms with E-state index in [1.54, 1.807) is 0 Å². The molecule has 0 aliphatic heterocycles. The molecule has 0 heterocycles. The number of carbonyl (C=O) groups is 4. The number of carboxylic acids is 1. The van der Waals surface area contributed by atoms with Gasteiger partial charge in [-0.15, -0.1) is 0 Å². The summed E-state index contributed by atoms with van der Waals surface area (Å²) in [6.07, 6.45) is 12.0. The van der Waals surface area contributed by atoms with Gasteiger partial charge in [0.05, 0.1) is 21.3 Å². The molecule has 0 aromatic rings. The average Bonchev–Trinajstić information content (AvgIpc) is 2.84. The smallest absolute Gasteiger partial charge is 0.544 e. The number of hydrogen-bond donors (Lipinski definition) is 1. The van der Waals surface area contributed by atoms with Gasteiger partial charge in [-0.1, -0.05) is 111 Å². The van der Waals surface area contributed by atoms with E-state index in [4.69, 9.17) is 16.3 Å². The van der Waals surface area contributed by atoms with Crippen LogP contribution in [0.3, 0.4) is 0 Å². The van der Waals surface area contributed by atoms with E-state index in [1.165, 1.54) is 33.3 Å².